The number of nitrogens with two attached hydrogens (primary N) is 1. The van der Waals surface area contributed by atoms with Gasteiger partial charge in [0.15, 0.2) is 6.61 Å². The van der Waals surface area contributed by atoms with Gasteiger partial charge < -0.3 is 15.8 Å². The lowest BCUT2D eigenvalue weighted by Crippen LogP contribution is -2.38. The fraction of sp³-hybridized carbons (Fsp3) is 0.462. The third-order valence-electron chi connectivity index (χ3n) is 2.73. The molecule has 0 radical (unpaired) electrons. The summed E-state index contributed by atoms with van der Waals surface area (Å²) < 4.78 is 18.3. The quantitative estimate of drug-likeness (QED) is 0.789. The maximum atomic E-state index is 13.1. The predicted molar refractivity (Wildman–Crippen MR) is 68.8 cm³/mol. The van der Waals surface area contributed by atoms with Crippen LogP contribution in [0.25, 0.3) is 0 Å². The molecule has 0 saturated heterocycles. The lowest BCUT2D eigenvalue weighted by atomic mass is 10.1. The first-order valence-corrected chi connectivity index (χ1v) is 5.87. The molecule has 0 spiro atoms. The Labute approximate surface area is 106 Å². The summed E-state index contributed by atoms with van der Waals surface area (Å²) in [6.45, 7) is 5.81. The molecular formula is C13H19FN2O2. The highest BCUT2D eigenvalue weighted by atomic mass is 19.1. The smallest absolute Gasteiger partial charge is 0.258 e. The lowest BCUT2D eigenvalue weighted by Gasteiger charge is -2.17. The van der Waals surface area contributed by atoms with E-state index in [1.54, 1.807) is 0 Å². The van der Waals surface area contributed by atoms with Gasteiger partial charge in [-0.25, -0.2) is 4.39 Å². The Hall–Kier alpha value is -1.78. The molecule has 5 heteroatoms. The number of carbonyl (C=O) groups is 1. The van der Waals surface area contributed by atoms with Crippen LogP contribution in [-0.2, 0) is 4.79 Å². The Morgan fingerprint density at radius 2 is 2.11 bits per heavy atom. The van der Waals surface area contributed by atoms with Crippen molar-refractivity contribution in [3.05, 3.63) is 24.0 Å². The minimum Gasteiger partial charge on any atom is -0.484 e. The molecule has 1 aromatic rings. The Balaban J connectivity index is 2.45. The summed E-state index contributed by atoms with van der Waals surface area (Å²) in [5.74, 6) is -0.145. The van der Waals surface area contributed by atoms with Crippen LogP contribution >= 0.6 is 0 Å². The number of halogens is 1. The fourth-order valence-corrected chi connectivity index (χ4v) is 1.21. The second kappa shape index (κ2) is 6.23. The van der Waals surface area contributed by atoms with Crippen molar-refractivity contribution in [3.63, 3.8) is 0 Å². The molecule has 0 bridgehead atoms. The molecular weight excluding hydrogens is 235 g/mol. The highest BCUT2D eigenvalue weighted by molar-refractivity contribution is 5.77. The van der Waals surface area contributed by atoms with E-state index in [9.17, 15) is 9.18 Å². The molecule has 0 saturated carbocycles. The molecule has 0 aromatic heterocycles. The minimum absolute atomic E-state index is 0.0558. The molecule has 0 aliphatic rings. The number of hydrogen-bond donors (Lipinski definition) is 2. The van der Waals surface area contributed by atoms with Gasteiger partial charge >= 0.3 is 0 Å². The molecule has 0 aliphatic carbocycles. The zero-order chi connectivity index (χ0) is 13.7. The summed E-state index contributed by atoms with van der Waals surface area (Å²) in [5.41, 5.74) is 5.39. The number of carbonyl (C=O) groups excluding carboxylic acids is 1. The van der Waals surface area contributed by atoms with E-state index < -0.39 is 5.82 Å². The molecule has 3 N–H and O–H groups in total. The predicted octanol–water partition coefficient (Wildman–Crippen LogP) is 1.95. The Bertz CT molecular complexity index is 421. The normalized spacial score (nSPS) is 12.3. The van der Waals surface area contributed by atoms with Crippen molar-refractivity contribution in [2.75, 3.05) is 12.3 Å². The molecule has 1 amide bonds. The van der Waals surface area contributed by atoms with E-state index in [1.165, 1.54) is 12.1 Å². The summed E-state index contributed by atoms with van der Waals surface area (Å²) in [5, 5.41) is 2.79. The third-order valence-corrected chi connectivity index (χ3v) is 2.73. The van der Waals surface area contributed by atoms with Crippen molar-refractivity contribution in [2.45, 2.75) is 26.8 Å². The summed E-state index contributed by atoms with van der Waals surface area (Å²) in [7, 11) is 0. The van der Waals surface area contributed by atoms with Gasteiger partial charge in [-0.15, -0.1) is 0 Å². The average Bonchev–Trinajstić information content (AvgIpc) is 2.30. The second-order valence-electron chi connectivity index (χ2n) is 4.57. The summed E-state index contributed by atoms with van der Waals surface area (Å²) >= 11 is 0. The van der Waals surface area contributed by atoms with Crippen molar-refractivity contribution in [1.29, 1.82) is 0 Å². The number of nitrogens with one attached hydrogen (secondary N) is 1. The molecule has 18 heavy (non-hydrogen) atoms. The topological polar surface area (TPSA) is 64.3 Å². The number of benzene rings is 1. The number of rotatable bonds is 5. The summed E-state index contributed by atoms with van der Waals surface area (Å²) in [6, 6.07) is 4.16. The van der Waals surface area contributed by atoms with Crippen LogP contribution in [0.15, 0.2) is 18.2 Å². The molecule has 4 nitrogen and oxygen atoms in total. The van der Waals surface area contributed by atoms with E-state index in [4.69, 9.17) is 10.5 Å². The van der Waals surface area contributed by atoms with Gasteiger partial charge in [-0.1, -0.05) is 13.8 Å². The van der Waals surface area contributed by atoms with Crippen LogP contribution in [0.2, 0.25) is 0 Å². The van der Waals surface area contributed by atoms with E-state index in [1.807, 2.05) is 20.8 Å². The zero-order valence-corrected chi connectivity index (χ0v) is 10.9. The monoisotopic (exact) mass is 254 g/mol. The van der Waals surface area contributed by atoms with Crippen LogP contribution in [0.5, 0.6) is 5.75 Å². The third kappa shape index (κ3) is 4.24. The van der Waals surface area contributed by atoms with Gasteiger partial charge in [0.25, 0.3) is 5.91 Å². The highest BCUT2D eigenvalue weighted by Gasteiger charge is 2.11. The Morgan fingerprint density at radius 3 is 2.67 bits per heavy atom. The van der Waals surface area contributed by atoms with E-state index in [-0.39, 0.29) is 30.0 Å². The average molecular weight is 254 g/mol. The van der Waals surface area contributed by atoms with Crippen molar-refractivity contribution in [2.24, 2.45) is 5.92 Å². The molecule has 100 valence electrons. The van der Waals surface area contributed by atoms with Crippen LogP contribution in [0.1, 0.15) is 20.8 Å². The van der Waals surface area contributed by atoms with E-state index in [0.717, 1.165) is 6.07 Å². The van der Waals surface area contributed by atoms with Crippen LogP contribution in [0, 0.1) is 11.7 Å². The van der Waals surface area contributed by atoms with Gasteiger partial charge in [-0.3, -0.25) is 4.79 Å². The molecule has 1 aromatic carbocycles. The first-order valence-electron chi connectivity index (χ1n) is 5.87. The van der Waals surface area contributed by atoms with Crippen LogP contribution in [0.3, 0.4) is 0 Å². The first kappa shape index (κ1) is 14.3. The molecule has 1 unspecified atom stereocenters. The maximum absolute atomic E-state index is 13.1. The maximum Gasteiger partial charge on any atom is 0.258 e. The Kier molecular flexibility index (Phi) is 4.95. The SMILES string of the molecule is CC(C)C(C)NC(=O)COc1ccc(N)c(F)c1. The van der Waals surface area contributed by atoms with Crippen molar-refractivity contribution in [1.82, 2.24) is 5.32 Å². The summed E-state index contributed by atoms with van der Waals surface area (Å²) in [6.07, 6.45) is 0. The Morgan fingerprint density at radius 1 is 1.44 bits per heavy atom. The number of hydrogen-bond acceptors (Lipinski definition) is 3. The van der Waals surface area contributed by atoms with Gasteiger partial charge in [-0.05, 0) is 25.0 Å². The van der Waals surface area contributed by atoms with E-state index in [0.29, 0.717) is 5.92 Å². The number of amides is 1. The molecule has 0 heterocycles. The van der Waals surface area contributed by atoms with Crippen LogP contribution in [-0.4, -0.2) is 18.6 Å². The number of ether oxygens (including phenoxy) is 1. The molecule has 1 rings (SSSR count). The van der Waals surface area contributed by atoms with Gasteiger partial charge in [-0.2, -0.15) is 0 Å². The molecule has 1 atom stereocenters. The highest BCUT2D eigenvalue weighted by Crippen LogP contribution is 2.17. The van der Waals surface area contributed by atoms with Crippen molar-refractivity contribution >= 4 is 11.6 Å². The number of nitrogen functional groups attached to an aromatic ring is 1. The summed E-state index contributed by atoms with van der Waals surface area (Å²) in [4.78, 5) is 11.5. The minimum atomic E-state index is -0.552. The molecule has 0 fully saturated rings. The van der Waals surface area contributed by atoms with Crippen LogP contribution in [0.4, 0.5) is 10.1 Å². The zero-order valence-electron chi connectivity index (χ0n) is 10.9. The van der Waals surface area contributed by atoms with Crippen molar-refractivity contribution in [3.8, 4) is 5.75 Å². The van der Waals surface area contributed by atoms with Gasteiger partial charge in [0.2, 0.25) is 0 Å². The largest absolute Gasteiger partial charge is 0.484 e. The molecule has 0 aliphatic heterocycles. The van der Waals surface area contributed by atoms with Crippen molar-refractivity contribution < 1.29 is 13.9 Å². The standard InChI is InChI=1S/C13H19FN2O2/c1-8(2)9(3)16-13(17)7-18-10-4-5-12(15)11(14)6-10/h4-6,8-9H,7,15H2,1-3H3,(H,16,17). The fourth-order valence-electron chi connectivity index (χ4n) is 1.21. The first-order chi connectivity index (χ1) is 8.40. The van der Waals surface area contributed by atoms with E-state index in [2.05, 4.69) is 5.32 Å². The lowest BCUT2D eigenvalue weighted by molar-refractivity contribution is -0.124. The van der Waals surface area contributed by atoms with Gasteiger partial charge in [0.1, 0.15) is 11.6 Å². The number of anilines is 1. The van der Waals surface area contributed by atoms with Gasteiger partial charge in [0.05, 0.1) is 5.69 Å². The van der Waals surface area contributed by atoms with E-state index >= 15 is 0 Å². The van der Waals surface area contributed by atoms with Gasteiger partial charge in [0, 0.05) is 12.1 Å². The second-order valence-corrected chi connectivity index (χ2v) is 4.57. The van der Waals surface area contributed by atoms with Crippen LogP contribution < -0.4 is 15.8 Å².